The third kappa shape index (κ3) is 10.4. The molecule has 5 aromatic rings. The van der Waals surface area contributed by atoms with Gasteiger partial charge in [0.2, 0.25) is 35.4 Å². The van der Waals surface area contributed by atoms with Gasteiger partial charge in [-0.1, -0.05) is 103 Å². The molecule has 340 valence electrons. The van der Waals surface area contributed by atoms with Crippen molar-refractivity contribution in [3.05, 3.63) is 120 Å². The third-order valence-electron chi connectivity index (χ3n) is 11.7. The van der Waals surface area contributed by atoms with E-state index < -0.39 is 75.8 Å². The summed E-state index contributed by atoms with van der Waals surface area (Å²) in [5.41, 5.74) is 1.19. The number of primary amides is 1. The first-order chi connectivity index (χ1) is 30.4. The lowest BCUT2D eigenvalue weighted by Crippen LogP contribution is -2.69. The minimum absolute atomic E-state index is 0.0226. The second kappa shape index (κ2) is 18.1. The number of ether oxygens (including phenoxy) is 1. The Balaban J connectivity index is 1.29. The van der Waals surface area contributed by atoms with Gasteiger partial charge in [0.25, 0.3) is 0 Å². The monoisotopic (exact) mass is 883 g/mol. The highest BCUT2D eigenvalue weighted by molar-refractivity contribution is 6.09. The summed E-state index contributed by atoms with van der Waals surface area (Å²) in [5, 5.41) is 20.1. The second-order valence-electron chi connectivity index (χ2n) is 18.7. The number of hydrogen-bond acceptors (Lipinski definition) is 8. The van der Waals surface area contributed by atoms with E-state index in [2.05, 4.69) is 31.9 Å². The lowest BCUT2D eigenvalue weighted by Gasteiger charge is -2.38. The zero-order valence-corrected chi connectivity index (χ0v) is 38.0. The Morgan fingerprint density at radius 1 is 0.538 bits per heavy atom. The SMILES string of the molecule is CC(C)(NC(=O)C(C)(C)NC(=O)C(C)(C)NC(=O)C(C)(C)NC(=O)C1(NC(=O)OCc2ccccc2)Cc2ccc3ccccc3c2-c2c(ccc3ccccc23)C1)C(=O)NCC(N)=O. The van der Waals surface area contributed by atoms with Crippen molar-refractivity contribution in [1.82, 2.24) is 31.9 Å². The fraction of sp³-hybridized carbons (Fsp3) is 0.340. The van der Waals surface area contributed by atoms with Crippen LogP contribution in [-0.4, -0.2) is 75.8 Å². The van der Waals surface area contributed by atoms with Crippen molar-refractivity contribution in [2.24, 2.45) is 5.73 Å². The molecular weight excluding hydrogens is 827 g/mol. The Labute approximate surface area is 378 Å². The van der Waals surface area contributed by atoms with E-state index in [0.29, 0.717) is 0 Å². The lowest BCUT2D eigenvalue weighted by atomic mass is 9.84. The van der Waals surface area contributed by atoms with Gasteiger partial charge in [0.1, 0.15) is 34.3 Å². The van der Waals surface area contributed by atoms with Crippen LogP contribution in [0.15, 0.2) is 103 Å². The first kappa shape index (κ1) is 47.2. The van der Waals surface area contributed by atoms with E-state index in [1.165, 1.54) is 55.4 Å². The fourth-order valence-electron chi connectivity index (χ4n) is 7.83. The molecule has 0 saturated carbocycles. The van der Waals surface area contributed by atoms with E-state index in [-0.39, 0.29) is 19.4 Å². The van der Waals surface area contributed by atoms with Crippen LogP contribution in [0.5, 0.6) is 0 Å². The van der Waals surface area contributed by atoms with Crippen molar-refractivity contribution in [2.75, 3.05) is 6.54 Å². The first-order valence-electron chi connectivity index (χ1n) is 21.3. The van der Waals surface area contributed by atoms with Crippen LogP contribution in [-0.2, 0) is 53.0 Å². The van der Waals surface area contributed by atoms with Crippen molar-refractivity contribution in [2.45, 2.75) is 103 Å². The molecule has 15 nitrogen and oxygen atoms in total. The summed E-state index contributed by atoms with van der Waals surface area (Å²) in [4.78, 5) is 94.4. The van der Waals surface area contributed by atoms with Crippen LogP contribution < -0.4 is 37.6 Å². The Morgan fingerprint density at radius 2 is 0.954 bits per heavy atom. The van der Waals surface area contributed by atoms with Crippen molar-refractivity contribution < 1.29 is 38.3 Å². The number of carbonyl (C=O) groups excluding carboxylic acids is 7. The van der Waals surface area contributed by atoms with E-state index in [9.17, 15) is 28.8 Å². The molecule has 65 heavy (non-hydrogen) atoms. The molecule has 0 saturated heterocycles. The van der Waals surface area contributed by atoms with Crippen LogP contribution in [0.25, 0.3) is 32.7 Å². The summed E-state index contributed by atoms with van der Waals surface area (Å²) < 4.78 is 5.73. The zero-order valence-electron chi connectivity index (χ0n) is 38.0. The summed E-state index contributed by atoms with van der Waals surface area (Å²) in [6.07, 6.45) is -0.791. The largest absolute Gasteiger partial charge is 0.445 e. The molecule has 15 heteroatoms. The summed E-state index contributed by atoms with van der Waals surface area (Å²) in [7, 11) is 0. The molecule has 0 radical (unpaired) electrons. The normalized spacial score (nSPS) is 13.5. The van der Waals surface area contributed by atoms with Crippen LogP contribution in [0.1, 0.15) is 72.1 Å². The van der Waals surface area contributed by atoms with Gasteiger partial charge in [-0.05, 0) is 105 Å². The molecule has 1 aliphatic rings. The molecule has 0 aromatic heterocycles. The van der Waals surface area contributed by atoms with Crippen LogP contribution in [0.3, 0.4) is 0 Å². The van der Waals surface area contributed by atoms with Gasteiger partial charge < -0.3 is 42.4 Å². The number of alkyl carbamates (subject to hydrolysis) is 1. The molecule has 0 fully saturated rings. The summed E-state index contributed by atoms with van der Waals surface area (Å²) in [6.45, 7) is 11.0. The van der Waals surface area contributed by atoms with Gasteiger partial charge in [-0.15, -0.1) is 0 Å². The molecule has 6 rings (SSSR count). The van der Waals surface area contributed by atoms with Crippen LogP contribution in [0.4, 0.5) is 4.79 Å². The van der Waals surface area contributed by atoms with Crippen molar-refractivity contribution >= 4 is 63.1 Å². The molecule has 0 aliphatic heterocycles. The van der Waals surface area contributed by atoms with Gasteiger partial charge in [0.15, 0.2) is 0 Å². The maximum Gasteiger partial charge on any atom is 0.408 e. The summed E-state index contributed by atoms with van der Waals surface area (Å²) >= 11 is 0. The first-order valence-corrected chi connectivity index (χ1v) is 21.3. The number of amides is 7. The van der Waals surface area contributed by atoms with Crippen LogP contribution >= 0.6 is 0 Å². The number of nitrogens with two attached hydrogens (primary N) is 1. The maximum absolute atomic E-state index is 15.2. The number of rotatable bonds is 14. The molecule has 0 spiro atoms. The smallest absolute Gasteiger partial charge is 0.408 e. The van der Waals surface area contributed by atoms with Crippen molar-refractivity contribution in [3.8, 4) is 11.1 Å². The number of nitrogens with one attached hydrogen (secondary N) is 6. The molecular formula is C50H57N7O8. The molecule has 5 aromatic carbocycles. The highest BCUT2D eigenvalue weighted by Crippen LogP contribution is 2.44. The van der Waals surface area contributed by atoms with Crippen molar-refractivity contribution in [3.63, 3.8) is 0 Å². The standard InChI is InChI=1S/C50H57N7O8/c1-46(2,40(59)52-28-37(51)58)53-41(60)47(3,4)54-42(61)48(5,6)55-43(62)49(7,8)56-44(63)50(57-45(64)65-29-30-16-10-9-11-17-30)26-33-24-22-31-18-12-14-20-35(31)38(33)39-34(27-50)25-23-32-19-13-15-21-36(32)39/h9-25H,26-29H2,1-8H3,(H2,51,58)(H,52,59)(H,53,60)(H,54,61)(H,55,62)(H,56,63)(H,57,64). The van der Waals surface area contributed by atoms with Gasteiger partial charge in [-0.2, -0.15) is 0 Å². The molecule has 0 unspecified atom stereocenters. The Hall–Kier alpha value is -7.29. The van der Waals surface area contributed by atoms with E-state index in [4.69, 9.17) is 10.5 Å². The Bertz CT molecular complexity index is 2620. The topological polar surface area (TPSA) is 227 Å². The highest BCUT2D eigenvalue weighted by atomic mass is 16.5. The molecule has 1 aliphatic carbocycles. The predicted molar refractivity (Wildman–Crippen MR) is 248 cm³/mol. The summed E-state index contributed by atoms with van der Waals surface area (Å²) in [5.74, 6) is -4.33. The number of hydrogen-bond donors (Lipinski definition) is 7. The highest BCUT2D eigenvalue weighted by Gasteiger charge is 2.48. The molecule has 0 atom stereocenters. The van der Waals surface area contributed by atoms with Gasteiger partial charge in [0, 0.05) is 12.8 Å². The second-order valence-corrected chi connectivity index (χ2v) is 18.7. The van der Waals surface area contributed by atoms with Gasteiger partial charge >= 0.3 is 6.09 Å². The minimum atomic E-state index is -1.70. The minimum Gasteiger partial charge on any atom is -0.445 e. The Morgan fingerprint density at radius 3 is 1.42 bits per heavy atom. The van der Waals surface area contributed by atoms with Gasteiger partial charge in [0.05, 0.1) is 6.54 Å². The van der Waals surface area contributed by atoms with Crippen LogP contribution in [0, 0.1) is 0 Å². The Kier molecular flexibility index (Phi) is 13.1. The zero-order chi connectivity index (χ0) is 47.5. The van der Waals surface area contributed by atoms with Crippen LogP contribution in [0.2, 0.25) is 0 Å². The molecule has 7 amide bonds. The maximum atomic E-state index is 15.2. The van der Waals surface area contributed by atoms with Gasteiger partial charge in [-0.3, -0.25) is 28.8 Å². The number of fused-ring (bicyclic) bond motifs is 7. The lowest BCUT2D eigenvalue weighted by molar-refractivity contribution is -0.141. The molecule has 0 heterocycles. The number of carbonyl (C=O) groups is 7. The van der Waals surface area contributed by atoms with Gasteiger partial charge in [-0.25, -0.2) is 4.79 Å². The summed E-state index contributed by atoms with van der Waals surface area (Å²) in [6, 6.07) is 33.1. The third-order valence-corrected chi connectivity index (χ3v) is 11.7. The van der Waals surface area contributed by atoms with E-state index in [0.717, 1.165) is 49.4 Å². The molecule has 0 bridgehead atoms. The van der Waals surface area contributed by atoms with Crippen molar-refractivity contribution in [1.29, 1.82) is 0 Å². The predicted octanol–water partition coefficient (Wildman–Crippen LogP) is 4.60. The number of benzene rings is 5. The fourth-order valence-corrected chi connectivity index (χ4v) is 7.83. The van der Waals surface area contributed by atoms with E-state index in [1.54, 1.807) is 0 Å². The average molecular weight is 884 g/mol. The average Bonchev–Trinajstić information content (AvgIpc) is 3.39. The molecule has 8 N–H and O–H groups in total. The van der Waals surface area contributed by atoms with E-state index in [1.807, 2.05) is 103 Å². The van der Waals surface area contributed by atoms with E-state index >= 15 is 4.79 Å². The quantitative estimate of drug-likeness (QED) is 0.0832.